The minimum Gasteiger partial charge on any atom is -0.451 e. The van der Waals surface area contributed by atoms with Gasteiger partial charge in [0, 0.05) is 12.3 Å². The van der Waals surface area contributed by atoms with Crippen molar-refractivity contribution in [3.05, 3.63) is 34.5 Å². The van der Waals surface area contributed by atoms with Crippen LogP contribution >= 0.6 is 11.6 Å². The second kappa shape index (κ2) is 3.95. The largest absolute Gasteiger partial charge is 0.451 e. The minimum absolute atomic E-state index is 0.0848. The van der Waals surface area contributed by atoms with Crippen LogP contribution in [0.4, 0.5) is 0 Å². The molecule has 3 heteroatoms. The average Bonchev–Trinajstić information content (AvgIpc) is 2.61. The third kappa shape index (κ3) is 1.85. The zero-order valence-corrected chi connectivity index (χ0v) is 10.3. The van der Waals surface area contributed by atoms with Crippen LogP contribution in [-0.4, -0.2) is 5.78 Å². The van der Waals surface area contributed by atoms with Gasteiger partial charge < -0.3 is 4.42 Å². The van der Waals surface area contributed by atoms with Crippen molar-refractivity contribution >= 4 is 28.4 Å². The van der Waals surface area contributed by atoms with Crippen molar-refractivity contribution in [3.63, 3.8) is 0 Å². The summed E-state index contributed by atoms with van der Waals surface area (Å²) in [5, 5.41) is 1.45. The fourth-order valence-electron chi connectivity index (χ4n) is 1.64. The first-order valence-corrected chi connectivity index (χ1v) is 5.60. The molecule has 2 nitrogen and oxygen atoms in total. The Kier molecular flexibility index (Phi) is 2.76. The van der Waals surface area contributed by atoms with Gasteiger partial charge in [-0.05, 0) is 29.7 Å². The molecule has 0 aliphatic heterocycles. The van der Waals surface area contributed by atoms with E-state index in [9.17, 15) is 4.79 Å². The molecule has 0 saturated heterocycles. The Morgan fingerprint density at radius 2 is 2.00 bits per heavy atom. The maximum atomic E-state index is 11.2. The van der Waals surface area contributed by atoms with Gasteiger partial charge in [-0.25, -0.2) is 0 Å². The molecule has 1 aromatic heterocycles. The molecule has 0 atom stereocenters. The lowest BCUT2D eigenvalue weighted by atomic mass is 10.0. The molecule has 0 saturated carbocycles. The predicted octanol–water partition coefficient (Wildman–Crippen LogP) is 4.41. The first-order chi connectivity index (χ1) is 7.49. The molecular weight excluding hydrogens is 224 g/mol. The molecular formula is C13H13ClO2. The molecule has 0 spiro atoms. The SMILES string of the molecule is CC(=O)c1cc2cc(C(C)C)cc(Cl)c2o1. The fraction of sp³-hybridized carbons (Fsp3) is 0.308. The summed E-state index contributed by atoms with van der Waals surface area (Å²) < 4.78 is 5.41. The van der Waals surface area contributed by atoms with Gasteiger partial charge >= 0.3 is 0 Å². The van der Waals surface area contributed by atoms with Crippen molar-refractivity contribution in [3.8, 4) is 0 Å². The van der Waals surface area contributed by atoms with Crippen molar-refractivity contribution < 1.29 is 9.21 Å². The lowest BCUT2D eigenvalue weighted by Gasteiger charge is -2.05. The quantitative estimate of drug-likeness (QED) is 0.723. The highest BCUT2D eigenvalue weighted by molar-refractivity contribution is 6.35. The van der Waals surface area contributed by atoms with Crippen LogP contribution in [0.15, 0.2) is 22.6 Å². The number of rotatable bonds is 2. The van der Waals surface area contributed by atoms with Gasteiger partial charge in [0.05, 0.1) is 5.02 Å². The van der Waals surface area contributed by atoms with E-state index >= 15 is 0 Å². The predicted molar refractivity (Wildman–Crippen MR) is 65.3 cm³/mol. The first-order valence-electron chi connectivity index (χ1n) is 5.23. The van der Waals surface area contributed by atoms with Crippen LogP contribution in [0.25, 0.3) is 11.0 Å². The summed E-state index contributed by atoms with van der Waals surface area (Å²) in [6, 6.07) is 5.65. The molecule has 0 aliphatic carbocycles. The molecule has 84 valence electrons. The highest BCUT2D eigenvalue weighted by atomic mass is 35.5. The van der Waals surface area contributed by atoms with Crippen LogP contribution in [0.2, 0.25) is 5.02 Å². The van der Waals surface area contributed by atoms with Crippen LogP contribution in [0.5, 0.6) is 0 Å². The molecule has 2 rings (SSSR count). The molecule has 0 bridgehead atoms. The van der Waals surface area contributed by atoms with E-state index in [1.807, 2.05) is 12.1 Å². The van der Waals surface area contributed by atoms with Gasteiger partial charge in [-0.15, -0.1) is 0 Å². The van der Waals surface area contributed by atoms with Crippen molar-refractivity contribution in [2.75, 3.05) is 0 Å². The molecule has 0 radical (unpaired) electrons. The van der Waals surface area contributed by atoms with E-state index in [4.69, 9.17) is 16.0 Å². The Balaban J connectivity index is 2.68. The van der Waals surface area contributed by atoms with E-state index in [0.717, 1.165) is 10.9 Å². The van der Waals surface area contributed by atoms with Gasteiger partial charge in [0.15, 0.2) is 17.1 Å². The zero-order valence-electron chi connectivity index (χ0n) is 9.50. The smallest absolute Gasteiger partial charge is 0.194 e. The van der Waals surface area contributed by atoms with E-state index in [2.05, 4.69) is 13.8 Å². The molecule has 2 aromatic rings. The second-order valence-corrected chi connectivity index (χ2v) is 4.65. The number of hydrogen-bond acceptors (Lipinski definition) is 2. The fourth-order valence-corrected chi connectivity index (χ4v) is 1.91. The topological polar surface area (TPSA) is 30.2 Å². The lowest BCUT2D eigenvalue weighted by molar-refractivity contribution is 0.0989. The maximum Gasteiger partial charge on any atom is 0.194 e. The van der Waals surface area contributed by atoms with E-state index in [1.54, 1.807) is 6.07 Å². The highest BCUT2D eigenvalue weighted by Gasteiger charge is 2.12. The van der Waals surface area contributed by atoms with Crippen molar-refractivity contribution in [1.82, 2.24) is 0 Å². The lowest BCUT2D eigenvalue weighted by Crippen LogP contribution is -1.86. The summed E-state index contributed by atoms with van der Waals surface area (Å²) in [5.41, 5.74) is 1.74. The van der Waals surface area contributed by atoms with E-state index in [-0.39, 0.29) is 5.78 Å². The third-order valence-electron chi connectivity index (χ3n) is 2.61. The molecule has 0 unspecified atom stereocenters. The number of Topliss-reactive ketones (excluding diaryl/α,β-unsaturated/α-hetero) is 1. The Morgan fingerprint density at radius 3 is 2.56 bits per heavy atom. The Labute approximate surface area is 99.2 Å². The van der Waals surface area contributed by atoms with E-state index in [1.165, 1.54) is 6.92 Å². The number of benzene rings is 1. The zero-order chi connectivity index (χ0) is 11.9. The van der Waals surface area contributed by atoms with E-state index in [0.29, 0.717) is 22.3 Å². The molecule has 1 aromatic carbocycles. The number of ketones is 1. The van der Waals surface area contributed by atoms with Crippen LogP contribution in [0.1, 0.15) is 42.8 Å². The van der Waals surface area contributed by atoms with Gasteiger partial charge in [-0.2, -0.15) is 0 Å². The third-order valence-corrected chi connectivity index (χ3v) is 2.89. The van der Waals surface area contributed by atoms with Crippen LogP contribution in [0, 0.1) is 0 Å². The average molecular weight is 237 g/mol. The molecule has 0 N–H and O–H groups in total. The molecule has 16 heavy (non-hydrogen) atoms. The molecule has 0 fully saturated rings. The summed E-state index contributed by atoms with van der Waals surface area (Å²) in [6.07, 6.45) is 0. The van der Waals surface area contributed by atoms with Crippen LogP contribution in [0.3, 0.4) is 0 Å². The molecule has 1 heterocycles. The van der Waals surface area contributed by atoms with Gasteiger partial charge in [0.2, 0.25) is 0 Å². The molecule has 0 aliphatic rings. The summed E-state index contributed by atoms with van der Waals surface area (Å²) >= 11 is 6.12. The highest BCUT2D eigenvalue weighted by Crippen LogP contribution is 2.31. The van der Waals surface area contributed by atoms with Crippen LogP contribution < -0.4 is 0 Å². The number of hydrogen-bond donors (Lipinski definition) is 0. The monoisotopic (exact) mass is 236 g/mol. The minimum atomic E-state index is -0.0848. The number of fused-ring (bicyclic) bond motifs is 1. The number of carbonyl (C=O) groups excluding carboxylic acids is 1. The van der Waals surface area contributed by atoms with Gasteiger partial charge in [-0.1, -0.05) is 25.4 Å². The molecule has 0 amide bonds. The standard InChI is InChI=1S/C13H13ClO2/c1-7(2)9-4-10-6-12(8(3)15)16-13(10)11(14)5-9/h4-7H,1-3H3. The number of carbonyl (C=O) groups is 1. The van der Waals surface area contributed by atoms with Crippen molar-refractivity contribution in [1.29, 1.82) is 0 Å². The number of furan rings is 1. The number of halogens is 1. The van der Waals surface area contributed by atoms with E-state index < -0.39 is 0 Å². The summed E-state index contributed by atoms with van der Waals surface area (Å²) in [6.45, 7) is 5.68. The Hall–Kier alpha value is -1.28. The normalized spacial score (nSPS) is 11.3. The van der Waals surface area contributed by atoms with Gasteiger partial charge in [-0.3, -0.25) is 4.79 Å². The van der Waals surface area contributed by atoms with Crippen LogP contribution in [-0.2, 0) is 0 Å². The summed E-state index contributed by atoms with van der Waals surface area (Å²) in [4.78, 5) is 11.2. The van der Waals surface area contributed by atoms with Gasteiger partial charge in [0.1, 0.15) is 0 Å². The van der Waals surface area contributed by atoms with Gasteiger partial charge in [0.25, 0.3) is 0 Å². The maximum absolute atomic E-state index is 11.2. The van der Waals surface area contributed by atoms with Crippen molar-refractivity contribution in [2.45, 2.75) is 26.7 Å². The second-order valence-electron chi connectivity index (χ2n) is 4.24. The Bertz CT molecular complexity index is 552. The Morgan fingerprint density at radius 1 is 1.31 bits per heavy atom. The summed E-state index contributed by atoms with van der Waals surface area (Å²) in [5.74, 6) is 0.675. The van der Waals surface area contributed by atoms with Crippen molar-refractivity contribution in [2.24, 2.45) is 0 Å². The first kappa shape index (κ1) is 11.2. The summed E-state index contributed by atoms with van der Waals surface area (Å²) in [7, 11) is 0.